The highest BCUT2D eigenvalue weighted by Crippen LogP contribution is 2.14. The van der Waals surface area contributed by atoms with Gasteiger partial charge >= 0.3 is 5.97 Å². The fourth-order valence-corrected chi connectivity index (χ4v) is 2.21. The normalized spacial score (nSPS) is 10.2. The molecule has 2 aromatic carbocycles. The number of carboxylic acid groups (broad SMARTS) is 1. The van der Waals surface area contributed by atoms with E-state index in [1.807, 2.05) is 55.5 Å². The second-order valence-electron chi connectivity index (χ2n) is 5.83. The van der Waals surface area contributed by atoms with Crippen LogP contribution in [-0.4, -0.2) is 30.2 Å². The van der Waals surface area contributed by atoms with Gasteiger partial charge in [-0.1, -0.05) is 29.8 Å². The van der Waals surface area contributed by atoms with Crippen LogP contribution in [0.4, 0.5) is 0 Å². The molecule has 0 aliphatic carbocycles. The van der Waals surface area contributed by atoms with Crippen LogP contribution in [-0.2, 0) is 16.1 Å². The average Bonchev–Trinajstić information content (AvgIpc) is 2.63. The third-order valence-corrected chi connectivity index (χ3v) is 3.60. The summed E-state index contributed by atoms with van der Waals surface area (Å²) in [6.45, 7) is 3.19. The van der Waals surface area contributed by atoms with Crippen molar-refractivity contribution in [2.75, 3.05) is 13.2 Å². The second kappa shape index (κ2) is 10.1. The molecule has 1 amide bonds. The highest BCUT2D eigenvalue weighted by atomic mass is 16.5. The van der Waals surface area contributed by atoms with Crippen LogP contribution in [0.15, 0.2) is 48.5 Å². The number of aliphatic carboxylic acids is 1. The molecule has 0 radical (unpaired) electrons. The van der Waals surface area contributed by atoms with Gasteiger partial charge in [0.15, 0.2) is 0 Å². The molecule has 26 heavy (non-hydrogen) atoms. The van der Waals surface area contributed by atoms with Gasteiger partial charge < -0.3 is 19.9 Å². The highest BCUT2D eigenvalue weighted by molar-refractivity contribution is 5.80. The highest BCUT2D eigenvalue weighted by Gasteiger charge is 2.05. The molecule has 0 atom stereocenters. The van der Waals surface area contributed by atoms with E-state index in [4.69, 9.17) is 14.6 Å². The van der Waals surface area contributed by atoms with Gasteiger partial charge in [-0.2, -0.15) is 0 Å². The van der Waals surface area contributed by atoms with Crippen molar-refractivity contribution in [3.63, 3.8) is 0 Å². The van der Waals surface area contributed by atoms with Gasteiger partial charge in [-0.15, -0.1) is 0 Å². The number of amides is 1. The molecule has 0 aliphatic heterocycles. The molecular weight excluding hydrogens is 334 g/mol. The number of aryl methyl sites for hydroxylation is 1. The monoisotopic (exact) mass is 357 g/mol. The first-order valence-electron chi connectivity index (χ1n) is 8.42. The van der Waals surface area contributed by atoms with Crippen LogP contribution in [0, 0.1) is 6.92 Å². The van der Waals surface area contributed by atoms with Crippen molar-refractivity contribution >= 4 is 11.9 Å². The predicted molar refractivity (Wildman–Crippen MR) is 97.3 cm³/mol. The Morgan fingerprint density at radius 1 is 0.962 bits per heavy atom. The minimum atomic E-state index is -0.983. The topological polar surface area (TPSA) is 84.9 Å². The van der Waals surface area contributed by atoms with Gasteiger partial charge in [0, 0.05) is 13.0 Å². The maximum Gasteiger partial charge on any atom is 0.303 e. The molecule has 0 spiro atoms. The van der Waals surface area contributed by atoms with Crippen LogP contribution < -0.4 is 14.8 Å². The molecule has 138 valence electrons. The molecule has 0 heterocycles. The van der Waals surface area contributed by atoms with Crippen LogP contribution >= 0.6 is 0 Å². The van der Waals surface area contributed by atoms with Crippen molar-refractivity contribution in [1.29, 1.82) is 0 Å². The Hall–Kier alpha value is -3.02. The van der Waals surface area contributed by atoms with Crippen molar-refractivity contribution in [2.24, 2.45) is 0 Å². The van der Waals surface area contributed by atoms with E-state index in [0.29, 0.717) is 25.5 Å². The first-order valence-corrected chi connectivity index (χ1v) is 8.42. The molecule has 0 saturated heterocycles. The third-order valence-electron chi connectivity index (χ3n) is 3.60. The lowest BCUT2D eigenvalue weighted by Gasteiger charge is -2.10. The van der Waals surface area contributed by atoms with E-state index in [-0.39, 0.29) is 18.7 Å². The molecule has 0 unspecified atom stereocenters. The Bertz CT molecular complexity index is 727. The Balaban J connectivity index is 1.71. The molecule has 0 bridgehead atoms. The summed E-state index contributed by atoms with van der Waals surface area (Å²) < 4.78 is 11.3. The summed E-state index contributed by atoms with van der Waals surface area (Å²) in [7, 11) is 0. The van der Waals surface area contributed by atoms with E-state index in [1.165, 1.54) is 5.56 Å². The number of carboxylic acids is 1. The van der Waals surface area contributed by atoms with E-state index in [0.717, 1.165) is 11.3 Å². The van der Waals surface area contributed by atoms with Crippen molar-refractivity contribution in [1.82, 2.24) is 5.32 Å². The molecular formula is C20H23NO5. The fraction of sp³-hybridized carbons (Fsp3) is 0.300. The van der Waals surface area contributed by atoms with Crippen LogP contribution in [0.25, 0.3) is 0 Å². The Kier molecular flexibility index (Phi) is 7.49. The zero-order chi connectivity index (χ0) is 18.8. The summed E-state index contributed by atoms with van der Waals surface area (Å²) in [5.41, 5.74) is 2.06. The lowest BCUT2D eigenvalue weighted by Crippen LogP contribution is -2.23. The summed E-state index contributed by atoms with van der Waals surface area (Å²) in [6.07, 6.45) is -0.197. The minimum Gasteiger partial charge on any atom is -0.490 e. The number of hydrogen-bond acceptors (Lipinski definition) is 4. The fourth-order valence-electron chi connectivity index (χ4n) is 2.21. The maximum atomic E-state index is 11.6. The average molecular weight is 357 g/mol. The number of benzene rings is 2. The van der Waals surface area contributed by atoms with Gasteiger partial charge in [-0.25, -0.2) is 0 Å². The summed E-state index contributed by atoms with van der Waals surface area (Å²) in [4.78, 5) is 22.0. The standard InChI is InChI=1S/C20H23NO5/c1-15-5-7-17(8-6-15)25-11-12-26-18-4-2-3-16(13-18)14-21-19(22)9-10-20(23)24/h2-8,13H,9-12,14H2,1H3,(H,21,22)(H,23,24). The number of hydrogen-bond donors (Lipinski definition) is 2. The van der Waals surface area contributed by atoms with E-state index in [9.17, 15) is 9.59 Å². The Morgan fingerprint density at radius 3 is 2.35 bits per heavy atom. The Morgan fingerprint density at radius 2 is 1.65 bits per heavy atom. The smallest absolute Gasteiger partial charge is 0.303 e. The number of ether oxygens (including phenoxy) is 2. The van der Waals surface area contributed by atoms with Gasteiger partial charge in [0.05, 0.1) is 6.42 Å². The first kappa shape index (κ1) is 19.3. The zero-order valence-corrected chi connectivity index (χ0v) is 14.7. The van der Waals surface area contributed by atoms with Gasteiger partial charge in [0.2, 0.25) is 5.91 Å². The number of carbonyl (C=O) groups excluding carboxylic acids is 1. The van der Waals surface area contributed by atoms with Gasteiger partial charge in [0.1, 0.15) is 24.7 Å². The third kappa shape index (κ3) is 7.25. The van der Waals surface area contributed by atoms with Gasteiger partial charge in [0.25, 0.3) is 0 Å². The van der Waals surface area contributed by atoms with Crippen molar-refractivity contribution in [2.45, 2.75) is 26.3 Å². The van der Waals surface area contributed by atoms with Crippen LogP contribution in [0.5, 0.6) is 11.5 Å². The van der Waals surface area contributed by atoms with Crippen molar-refractivity contribution < 1.29 is 24.2 Å². The van der Waals surface area contributed by atoms with Crippen LogP contribution in [0.2, 0.25) is 0 Å². The summed E-state index contributed by atoms with van der Waals surface area (Å²) in [6, 6.07) is 15.2. The van der Waals surface area contributed by atoms with E-state index in [2.05, 4.69) is 5.32 Å². The minimum absolute atomic E-state index is 0.0259. The molecule has 0 aliphatic rings. The SMILES string of the molecule is Cc1ccc(OCCOc2cccc(CNC(=O)CCC(=O)O)c2)cc1. The van der Waals surface area contributed by atoms with E-state index in [1.54, 1.807) is 0 Å². The molecule has 2 rings (SSSR count). The van der Waals surface area contributed by atoms with Crippen molar-refractivity contribution in [3.05, 3.63) is 59.7 Å². The summed E-state index contributed by atoms with van der Waals surface area (Å²) >= 11 is 0. The summed E-state index contributed by atoms with van der Waals surface area (Å²) in [5, 5.41) is 11.3. The maximum absolute atomic E-state index is 11.6. The quantitative estimate of drug-likeness (QED) is 0.639. The van der Waals surface area contributed by atoms with Gasteiger partial charge in [-0.3, -0.25) is 9.59 Å². The van der Waals surface area contributed by atoms with Crippen LogP contribution in [0.1, 0.15) is 24.0 Å². The number of rotatable bonds is 10. The lowest BCUT2D eigenvalue weighted by atomic mass is 10.2. The molecule has 2 N–H and O–H groups in total. The molecule has 0 saturated carbocycles. The van der Waals surface area contributed by atoms with Crippen LogP contribution in [0.3, 0.4) is 0 Å². The molecule has 0 aromatic heterocycles. The van der Waals surface area contributed by atoms with Gasteiger partial charge in [-0.05, 0) is 36.8 Å². The molecule has 0 fully saturated rings. The second-order valence-corrected chi connectivity index (χ2v) is 5.83. The Labute approximate surface area is 152 Å². The number of nitrogens with one attached hydrogen (secondary N) is 1. The molecule has 6 heteroatoms. The zero-order valence-electron chi connectivity index (χ0n) is 14.7. The largest absolute Gasteiger partial charge is 0.490 e. The first-order chi connectivity index (χ1) is 12.5. The number of carbonyl (C=O) groups is 2. The van der Waals surface area contributed by atoms with E-state index >= 15 is 0 Å². The molecule has 2 aromatic rings. The lowest BCUT2D eigenvalue weighted by molar-refractivity contribution is -0.138. The molecule has 6 nitrogen and oxygen atoms in total. The predicted octanol–water partition coefficient (Wildman–Crippen LogP) is 2.93. The summed E-state index contributed by atoms with van der Waals surface area (Å²) in [5.74, 6) is 0.223. The van der Waals surface area contributed by atoms with E-state index < -0.39 is 5.97 Å². The van der Waals surface area contributed by atoms with Crippen molar-refractivity contribution in [3.8, 4) is 11.5 Å².